The van der Waals surface area contributed by atoms with Crippen molar-refractivity contribution in [3.05, 3.63) is 12.7 Å². The van der Waals surface area contributed by atoms with Crippen LogP contribution in [-0.4, -0.2) is 23.4 Å². The number of carbonyl (C=O) groups is 1. The van der Waals surface area contributed by atoms with Gasteiger partial charge in [-0.15, -0.1) is 6.58 Å². The van der Waals surface area contributed by atoms with Crippen LogP contribution in [0.4, 0.5) is 0 Å². The molecule has 1 saturated heterocycles. The molecule has 0 aromatic heterocycles. The second-order valence-electron chi connectivity index (χ2n) is 6.04. The van der Waals surface area contributed by atoms with Crippen molar-refractivity contribution in [2.75, 3.05) is 6.54 Å². The Bertz CT molecular complexity index is 283. The first-order chi connectivity index (χ1) is 7.88. The average molecular weight is 237 g/mol. The van der Waals surface area contributed by atoms with E-state index in [1.54, 1.807) is 0 Å². The van der Waals surface area contributed by atoms with Crippen LogP contribution in [0.25, 0.3) is 0 Å². The van der Waals surface area contributed by atoms with E-state index in [1.165, 1.54) is 12.8 Å². The molecule has 17 heavy (non-hydrogen) atoms. The van der Waals surface area contributed by atoms with Crippen LogP contribution in [0.1, 0.15) is 53.4 Å². The fraction of sp³-hybridized carbons (Fsp3) is 0.800. The fourth-order valence-electron chi connectivity index (χ4n) is 2.36. The highest BCUT2D eigenvalue weighted by atomic mass is 16.2. The van der Waals surface area contributed by atoms with Gasteiger partial charge in [0.15, 0.2) is 0 Å². The first kappa shape index (κ1) is 14.3. The van der Waals surface area contributed by atoms with E-state index in [-0.39, 0.29) is 5.41 Å². The molecule has 0 aliphatic carbocycles. The van der Waals surface area contributed by atoms with Gasteiger partial charge in [-0.3, -0.25) is 4.79 Å². The molecule has 0 saturated carbocycles. The molecule has 2 nitrogen and oxygen atoms in total. The Morgan fingerprint density at radius 1 is 1.59 bits per heavy atom. The van der Waals surface area contributed by atoms with Gasteiger partial charge in [-0.25, -0.2) is 0 Å². The summed E-state index contributed by atoms with van der Waals surface area (Å²) in [6.07, 6.45) is 5.98. The van der Waals surface area contributed by atoms with E-state index in [1.807, 2.05) is 11.0 Å². The number of hydrogen-bond donors (Lipinski definition) is 0. The number of likely N-dealkylation sites (tertiary alicyclic amines) is 1. The van der Waals surface area contributed by atoms with E-state index in [9.17, 15) is 4.79 Å². The maximum Gasteiger partial charge on any atom is 0.222 e. The van der Waals surface area contributed by atoms with Gasteiger partial charge in [-0.2, -0.15) is 0 Å². The number of carbonyl (C=O) groups excluding carboxylic acids is 1. The highest BCUT2D eigenvalue weighted by molar-refractivity contribution is 5.76. The molecule has 2 atom stereocenters. The van der Waals surface area contributed by atoms with Gasteiger partial charge >= 0.3 is 0 Å². The summed E-state index contributed by atoms with van der Waals surface area (Å²) in [7, 11) is 0. The zero-order valence-corrected chi connectivity index (χ0v) is 11.8. The number of hydrogen-bond acceptors (Lipinski definition) is 1. The maximum atomic E-state index is 12.1. The van der Waals surface area contributed by atoms with Crippen LogP contribution in [0.3, 0.4) is 0 Å². The van der Waals surface area contributed by atoms with Gasteiger partial charge in [0.1, 0.15) is 0 Å². The summed E-state index contributed by atoms with van der Waals surface area (Å²) in [5.41, 5.74) is 0.122. The van der Waals surface area contributed by atoms with Crippen molar-refractivity contribution in [2.24, 2.45) is 11.3 Å². The molecule has 2 heteroatoms. The Kier molecular flexibility index (Phi) is 4.79. The van der Waals surface area contributed by atoms with E-state index < -0.39 is 0 Å². The molecule has 0 bridgehead atoms. The van der Waals surface area contributed by atoms with Crippen LogP contribution < -0.4 is 0 Å². The van der Waals surface area contributed by atoms with Crippen LogP contribution in [-0.2, 0) is 4.79 Å². The van der Waals surface area contributed by atoms with Gasteiger partial charge < -0.3 is 4.90 Å². The molecule has 98 valence electrons. The molecular weight excluding hydrogens is 210 g/mol. The standard InChI is InChI=1S/C15H27NO/c1-6-15(4,5)12(2)9-10-14(17)16-11-7-8-13(16)3/h6,12-13H,1,7-11H2,2-5H3. The van der Waals surface area contributed by atoms with Crippen molar-refractivity contribution in [3.8, 4) is 0 Å². The first-order valence-electron chi connectivity index (χ1n) is 6.81. The molecule has 1 aliphatic heterocycles. The third-order valence-electron chi connectivity index (χ3n) is 4.46. The third kappa shape index (κ3) is 3.58. The molecular formula is C15H27NO. The van der Waals surface area contributed by atoms with E-state index >= 15 is 0 Å². The van der Waals surface area contributed by atoms with E-state index in [0.29, 0.717) is 24.3 Å². The number of rotatable bonds is 5. The van der Waals surface area contributed by atoms with Gasteiger partial charge in [-0.05, 0) is 37.5 Å². The van der Waals surface area contributed by atoms with Crippen molar-refractivity contribution >= 4 is 5.91 Å². The van der Waals surface area contributed by atoms with Crippen molar-refractivity contribution in [2.45, 2.75) is 59.4 Å². The van der Waals surface area contributed by atoms with Crippen molar-refractivity contribution in [3.63, 3.8) is 0 Å². The van der Waals surface area contributed by atoms with Gasteiger partial charge in [0.05, 0.1) is 0 Å². The zero-order valence-electron chi connectivity index (χ0n) is 11.8. The summed E-state index contributed by atoms with van der Waals surface area (Å²) in [4.78, 5) is 14.1. The van der Waals surface area contributed by atoms with E-state index in [2.05, 4.69) is 34.3 Å². The number of allylic oxidation sites excluding steroid dienone is 1. The van der Waals surface area contributed by atoms with Crippen LogP contribution >= 0.6 is 0 Å². The second kappa shape index (κ2) is 5.70. The molecule has 1 aliphatic rings. The minimum absolute atomic E-state index is 0.122. The summed E-state index contributed by atoms with van der Waals surface area (Å²) >= 11 is 0. The normalized spacial score (nSPS) is 22.6. The molecule has 1 amide bonds. The predicted octanol–water partition coefficient (Wildman–Crippen LogP) is 3.63. The Hall–Kier alpha value is -0.790. The van der Waals surface area contributed by atoms with E-state index in [4.69, 9.17) is 0 Å². The van der Waals surface area contributed by atoms with Crippen LogP contribution in [0.5, 0.6) is 0 Å². The van der Waals surface area contributed by atoms with Gasteiger partial charge in [0.25, 0.3) is 0 Å². The Labute approximate surface area is 106 Å². The quantitative estimate of drug-likeness (QED) is 0.669. The Morgan fingerprint density at radius 2 is 2.24 bits per heavy atom. The van der Waals surface area contributed by atoms with Crippen molar-refractivity contribution in [1.82, 2.24) is 4.90 Å². The lowest BCUT2D eigenvalue weighted by Gasteiger charge is -2.29. The smallest absolute Gasteiger partial charge is 0.222 e. The predicted molar refractivity (Wildman–Crippen MR) is 72.8 cm³/mol. The topological polar surface area (TPSA) is 20.3 Å². The lowest BCUT2D eigenvalue weighted by atomic mass is 9.78. The first-order valence-corrected chi connectivity index (χ1v) is 6.81. The summed E-state index contributed by atoms with van der Waals surface area (Å²) in [5, 5.41) is 0. The molecule has 0 aromatic rings. The molecule has 1 fully saturated rings. The molecule has 1 rings (SSSR count). The monoisotopic (exact) mass is 237 g/mol. The molecule has 1 heterocycles. The summed E-state index contributed by atoms with van der Waals surface area (Å²) < 4.78 is 0. The highest BCUT2D eigenvalue weighted by Crippen LogP contribution is 2.31. The van der Waals surface area contributed by atoms with Gasteiger partial charge in [-0.1, -0.05) is 26.8 Å². The number of nitrogens with zero attached hydrogens (tertiary/aromatic N) is 1. The lowest BCUT2D eigenvalue weighted by molar-refractivity contribution is -0.132. The Morgan fingerprint density at radius 3 is 2.71 bits per heavy atom. The summed E-state index contributed by atoms with van der Waals surface area (Å²) in [5.74, 6) is 0.837. The van der Waals surface area contributed by atoms with Crippen LogP contribution in [0.2, 0.25) is 0 Å². The van der Waals surface area contributed by atoms with E-state index in [0.717, 1.165) is 13.0 Å². The molecule has 0 N–H and O–H groups in total. The second-order valence-corrected chi connectivity index (χ2v) is 6.04. The SMILES string of the molecule is C=CC(C)(C)C(C)CCC(=O)N1CCCC1C. The minimum atomic E-state index is 0.122. The maximum absolute atomic E-state index is 12.1. The average Bonchev–Trinajstić information content (AvgIpc) is 2.71. The summed E-state index contributed by atoms with van der Waals surface area (Å²) in [6, 6.07) is 0.449. The highest BCUT2D eigenvalue weighted by Gasteiger charge is 2.27. The number of amides is 1. The largest absolute Gasteiger partial charge is 0.340 e. The van der Waals surface area contributed by atoms with Crippen LogP contribution in [0, 0.1) is 11.3 Å². The van der Waals surface area contributed by atoms with Gasteiger partial charge in [0, 0.05) is 19.0 Å². The molecule has 2 unspecified atom stereocenters. The van der Waals surface area contributed by atoms with Crippen molar-refractivity contribution in [1.29, 1.82) is 0 Å². The van der Waals surface area contributed by atoms with Crippen LogP contribution in [0.15, 0.2) is 12.7 Å². The fourth-order valence-corrected chi connectivity index (χ4v) is 2.36. The molecule has 0 spiro atoms. The molecule has 0 aromatic carbocycles. The lowest BCUT2D eigenvalue weighted by Crippen LogP contribution is -2.34. The third-order valence-corrected chi connectivity index (χ3v) is 4.46. The zero-order chi connectivity index (χ0) is 13.1. The minimum Gasteiger partial charge on any atom is -0.340 e. The van der Waals surface area contributed by atoms with Crippen molar-refractivity contribution < 1.29 is 4.79 Å². The molecule has 0 radical (unpaired) electrons. The summed E-state index contributed by atoms with van der Waals surface area (Å²) in [6.45, 7) is 13.6. The Balaban J connectivity index is 2.40. The van der Waals surface area contributed by atoms with Gasteiger partial charge in [0.2, 0.25) is 5.91 Å².